The van der Waals surface area contributed by atoms with E-state index in [4.69, 9.17) is 9.88 Å². The molecule has 2 aromatic rings. The molecule has 0 spiro atoms. The van der Waals surface area contributed by atoms with Crippen LogP contribution in [0.1, 0.15) is 96.5 Å². The van der Waals surface area contributed by atoms with E-state index in [0.717, 1.165) is 51.4 Å². The number of aliphatic hydroxyl groups excluding tert-OH is 1. The van der Waals surface area contributed by atoms with Gasteiger partial charge in [-0.15, -0.1) is 0 Å². The lowest BCUT2D eigenvalue weighted by Gasteiger charge is -2.39. The van der Waals surface area contributed by atoms with Gasteiger partial charge in [-0.25, -0.2) is 18.4 Å². The third-order valence-corrected chi connectivity index (χ3v) is 8.31. The van der Waals surface area contributed by atoms with E-state index in [0.29, 0.717) is 23.1 Å². The van der Waals surface area contributed by atoms with Crippen molar-refractivity contribution < 1.29 is 23.1 Å². The summed E-state index contributed by atoms with van der Waals surface area (Å²) < 4.78 is 31.3. The molecule has 0 fully saturated rings. The molecule has 202 valence electrons. The van der Waals surface area contributed by atoms with Gasteiger partial charge >= 0.3 is 5.97 Å². The van der Waals surface area contributed by atoms with E-state index in [2.05, 4.69) is 13.8 Å². The molecule has 0 aliphatic carbocycles. The van der Waals surface area contributed by atoms with Gasteiger partial charge in [0.2, 0.25) is 10.0 Å². The number of nitrogens with two attached hydrogens (primary N) is 1. The zero-order chi connectivity index (χ0) is 27.1. The van der Waals surface area contributed by atoms with E-state index in [1.807, 2.05) is 43.3 Å². The van der Waals surface area contributed by atoms with Crippen molar-refractivity contribution in [2.45, 2.75) is 101 Å². The fourth-order valence-electron chi connectivity index (χ4n) is 5.52. The molecule has 7 heteroatoms. The lowest BCUT2D eigenvalue weighted by molar-refractivity contribution is -0.161. The molecule has 37 heavy (non-hydrogen) atoms. The smallest absolute Gasteiger partial charge is 0.338 e. The van der Waals surface area contributed by atoms with E-state index in [9.17, 15) is 18.3 Å². The van der Waals surface area contributed by atoms with E-state index in [1.54, 1.807) is 6.07 Å². The minimum Gasteiger partial charge on any atom is -0.512 e. The van der Waals surface area contributed by atoms with Gasteiger partial charge in [0, 0.05) is 17.9 Å². The van der Waals surface area contributed by atoms with Crippen molar-refractivity contribution in [1.82, 2.24) is 0 Å². The number of unbranched alkanes of at least 4 members (excludes halogenated alkanes) is 4. The van der Waals surface area contributed by atoms with Crippen LogP contribution in [0.5, 0.6) is 0 Å². The number of rotatable bonds is 13. The van der Waals surface area contributed by atoms with Crippen molar-refractivity contribution in [1.29, 1.82) is 0 Å². The minimum atomic E-state index is -4.04. The Balaban J connectivity index is 2.11. The van der Waals surface area contributed by atoms with Crippen LogP contribution in [0.2, 0.25) is 0 Å². The summed E-state index contributed by atoms with van der Waals surface area (Å²) in [4.78, 5) is 13.6. The first-order chi connectivity index (χ1) is 17.7. The van der Waals surface area contributed by atoms with Gasteiger partial charge in [-0.2, -0.15) is 0 Å². The van der Waals surface area contributed by atoms with E-state index < -0.39 is 27.5 Å². The van der Waals surface area contributed by atoms with Gasteiger partial charge in [0.05, 0.1) is 10.5 Å². The van der Waals surface area contributed by atoms with E-state index in [1.165, 1.54) is 6.07 Å². The van der Waals surface area contributed by atoms with Crippen molar-refractivity contribution in [2.24, 2.45) is 5.14 Å². The van der Waals surface area contributed by atoms with Crippen molar-refractivity contribution in [3.63, 3.8) is 0 Å². The van der Waals surface area contributed by atoms with Crippen LogP contribution in [0, 0.1) is 0 Å². The molecule has 3 rings (SSSR count). The number of aliphatic hydroxyl groups is 1. The van der Waals surface area contributed by atoms with Gasteiger partial charge in [0.1, 0.15) is 11.4 Å². The second-order valence-electron chi connectivity index (χ2n) is 10.1. The van der Waals surface area contributed by atoms with Gasteiger partial charge in [-0.1, -0.05) is 88.9 Å². The zero-order valence-corrected chi connectivity index (χ0v) is 23.1. The average molecular weight is 528 g/mol. The predicted molar refractivity (Wildman–Crippen MR) is 148 cm³/mol. The monoisotopic (exact) mass is 527 g/mol. The minimum absolute atomic E-state index is 0.00704. The third-order valence-electron chi connectivity index (χ3n) is 7.36. The maximum atomic E-state index is 13.6. The van der Waals surface area contributed by atoms with Gasteiger partial charge < -0.3 is 9.84 Å². The SMILES string of the molecule is CCCCCC1(CCCCC)CC(O)=C(C(CC)c2cccc(S(N)(=O)=O)c2-c2ccccc2)C(=O)O1. The summed E-state index contributed by atoms with van der Waals surface area (Å²) in [7, 11) is -4.04. The first kappa shape index (κ1) is 28.9. The van der Waals surface area contributed by atoms with Crippen LogP contribution < -0.4 is 5.14 Å². The van der Waals surface area contributed by atoms with Gasteiger partial charge in [0.25, 0.3) is 0 Å². The van der Waals surface area contributed by atoms with Gasteiger partial charge in [-0.3, -0.25) is 0 Å². The van der Waals surface area contributed by atoms with Crippen LogP contribution in [0.15, 0.2) is 64.8 Å². The Kier molecular flexibility index (Phi) is 9.96. The number of primary sulfonamides is 1. The highest BCUT2D eigenvalue weighted by molar-refractivity contribution is 7.89. The zero-order valence-electron chi connectivity index (χ0n) is 22.3. The molecule has 0 amide bonds. The van der Waals surface area contributed by atoms with Gasteiger partial charge in [0.15, 0.2) is 0 Å². The molecular weight excluding hydrogens is 486 g/mol. The number of hydrogen-bond donors (Lipinski definition) is 2. The second kappa shape index (κ2) is 12.7. The van der Waals surface area contributed by atoms with Crippen LogP contribution in [0.4, 0.5) is 0 Å². The standard InChI is InChI=1S/C30H41NO5S/c1-4-7-12-19-30(20-13-8-5-2)21-25(32)28(29(33)36-30)23(6-3)24-17-14-18-26(37(31,34)35)27(24)22-15-10-9-11-16-22/h9-11,14-18,23,32H,4-8,12-13,19-21H2,1-3H3,(H2,31,34,35). The number of carbonyl (C=O) groups is 1. The van der Waals surface area contributed by atoms with Gasteiger partial charge in [-0.05, 0) is 49.3 Å². The third kappa shape index (κ3) is 6.82. The molecule has 1 atom stereocenters. The molecule has 0 aromatic heterocycles. The molecule has 0 saturated carbocycles. The van der Waals surface area contributed by atoms with Crippen molar-refractivity contribution in [2.75, 3.05) is 0 Å². The topological polar surface area (TPSA) is 107 Å². The number of esters is 1. The summed E-state index contributed by atoms with van der Waals surface area (Å²) >= 11 is 0. The highest BCUT2D eigenvalue weighted by atomic mass is 32.2. The summed E-state index contributed by atoms with van der Waals surface area (Å²) in [5.74, 6) is -1.01. The molecule has 1 unspecified atom stereocenters. The number of cyclic esters (lactones) is 1. The first-order valence-electron chi connectivity index (χ1n) is 13.5. The molecule has 2 aromatic carbocycles. The maximum Gasteiger partial charge on any atom is 0.338 e. The van der Waals surface area contributed by atoms with Crippen LogP contribution in [0.3, 0.4) is 0 Å². The second-order valence-corrected chi connectivity index (χ2v) is 11.6. The molecule has 0 bridgehead atoms. The Morgan fingerprint density at radius 1 is 0.946 bits per heavy atom. The lowest BCUT2D eigenvalue weighted by Crippen LogP contribution is -2.41. The average Bonchev–Trinajstić information content (AvgIpc) is 2.86. The lowest BCUT2D eigenvalue weighted by atomic mass is 9.78. The molecular formula is C30H41NO5S. The Labute approximate surface area is 222 Å². The predicted octanol–water partition coefficient (Wildman–Crippen LogP) is 7.15. The molecule has 3 N–H and O–H groups in total. The van der Waals surface area contributed by atoms with Crippen molar-refractivity contribution in [3.8, 4) is 11.1 Å². The normalized spacial score (nSPS) is 16.5. The maximum absolute atomic E-state index is 13.6. The molecule has 1 heterocycles. The Bertz CT molecular complexity index is 1190. The molecule has 0 saturated heterocycles. The highest BCUT2D eigenvalue weighted by Gasteiger charge is 2.43. The number of benzene rings is 2. The van der Waals surface area contributed by atoms with Crippen LogP contribution >= 0.6 is 0 Å². The summed E-state index contributed by atoms with van der Waals surface area (Å²) in [5, 5.41) is 17.0. The molecule has 1 aliphatic heterocycles. The number of hydrogen-bond acceptors (Lipinski definition) is 5. The summed E-state index contributed by atoms with van der Waals surface area (Å²) in [6.07, 6.45) is 8.29. The first-order valence-corrected chi connectivity index (χ1v) is 15.1. The summed E-state index contributed by atoms with van der Waals surface area (Å²) in [5.41, 5.74) is 1.28. The number of ether oxygens (including phenoxy) is 1. The Morgan fingerprint density at radius 3 is 2.08 bits per heavy atom. The fraction of sp³-hybridized carbons (Fsp3) is 0.500. The van der Waals surface area contributed by atoms with Crippen molar-refractivity contribution >= 4 is 16.0 Å². The summed E-state index contributed by atoms with van der Waals surface area (Å²) in [6.45, 7) is 6.19. The number of sulfonamides is 1. The highest BCUT2D eigenvalue weighted by Crippen LogP contribution is 2.45. The molecule has 6 nitrogen and oxygen atoms in total. The quantitative estimate of drug-likeness (QED) is 0.212. The van der Waals surface area contributed by atoms with Crippen molar-refractivity contribution in [3.05, 3.63) is 65.4 Å². The fourth-order valence-corrected chi connectivity index (χ4v) is 6.30. The summed E-state index contributed by atoms with van der Waals surface area (Å²) in [6, 6.07) is 14.1. The van der Waals surface area contributed by atoms with Crippen LogP contribution in [-0.4, -0.2) is 25.1 Å². The Hall–Kier alpha value is -2.64. The van der Waals surface area contributed by atoms with E-state index in [-0.39, 0.29) is 22.6 Å². The van der Waals surface area contributed by atoms with Crippen LogP contribution in [0.25, 0.3) is 11.1 Å². The Morgan fingerprint density at radius 2 is 1.57 bits per heavy atom. The largest absolute Gasteiger partial charge is 0.512 e. The molecule has 1 aliphatic rings. The molecule has 0 radical (unpaired) electrons. The van der Waals surface area contributed by atoms with Crippen LogP contribution in [-0.2, 0) is 19.6 Å². The van der Waals surface area contributed by atoms with E-state index >= 15 is 0 Å². The number of carbonyl (C=O) groups excluding carboxylic acids is 1.